The number of nitriles is 2. The van der Waals surface area contributed by atoms with E-state index >= 15 is 0 Å². The lowest BCUT2D eigenvalue weighted by Crippen LogP contribution is -2.06. The summed E-state index contributed by atoms with van der Waals surface area (Å²) in [6.07, 6.45) is 3.93. The summed E-state index contributed by atoms with van der Waals surface area (Å²) in [6.45, 7) is 8.39. The van der Waals surface area contributed by atoms with Crippen molar-refractivity contribution in [3.8, 4) is 17.9 Å². The van der Waals surface area contributed by atoms with Gasteiger partial charge >= 0.3 is 0 Å². The second kappa shape index (κ2) is 13.0. The molecule has 0 amide bonds. The standard InChI is InChI=1S/C35H30N4OS2/c1-22(2)28-17-24(20-36)18-29(23(3)4)33(28)40-34(30-15-16-32(38-30)41-26-11-7-5-8-12-26)31-19-25(21-37)35(39-31)42-27-13-9-6-10-14-27/h5-19,22-23,39H,1-4H3. The molecule has 0 bridgehead atoms. The molecule has 42 heavy (non-hydrogen) atoms. The van der Waals surface area contributed by atoms with Crippen LogP contribution in [0.2, 0.25) is 0 Å². The molecule has 1 aromatic heterocycles. The molecular formula is C35H30N4OS2. The Morgan fingerprint density at radius 3 is 1.93 bits per heavy atom. The van der Waals surface area contributed by atoms with Crippen molar-refractivity contribution < 1.29 is 4.74 Å². The van der Waals surface area contributed by atoms with E-state index in [-0.39, 0.29) is 11.8 Å². The molecule has 5 rings (SSSR count). The summed E-state index contributed by atoms with van der Waals surface area (Å²) in [6, 6.07) is 30.3. The Bertz CT molecular complexity index is 1740. The number of nitrogens with one attached hydrogen (secondary N) is 1. The van der Waals surface area contributed by atoms with Crippen molar-refractivity contribution in [1.29, 1.82) is 10.5 Å². The maximum atomic E-state index is 10.0. The van der Waals surface area contributed by atoms with Crippen molar-refractivity contribution in [2.45, 2.75) is 54.3 Å². The number of thioether (sulfide) groups is 1. The molecule has 0 radical (unpaired) electrons. The number of H-pyrrole nitrogens is 1. The van der Waals surface area contributed by atoms with Gasteiger partial charge in [-0.1, -0.05) is 87.6 Å². The topological polar surface area (TPSA) is 85.0 Å². The van der Waals surface area contributed by atoms with Gasteiger partial charge < -0.3 is 9.72 Å². The molecule has 0 fully saturated rings. The van der Waals surface area contributed by atoms with Gasteiger partial charge in [0.2, 0.25) is 0 Å². The number of benzene rings is 3. The summed E-state index contributed by atoms with van der Waals surface area (Å²) in [5.74, 6) is 1.48. The molecule has 2 heterocycles. The lowest BCUT2D eigenvalue weighted by molar-refractivity contribution is 0.487. The molecule has 5 nitrogen and oxygen atoms in total. The molecule has 1 aliphatic rings. The lowest BCUT2D eigenvalue weighted by atomic mass is 9.91. The van der Waals surface area contributed by atoms with Gasteiger partial charge in [0.1, 0.15) is 22.6 Å². The van der Waals surface area contributed by atoms with Crippen LogP contribution in [0.1, 0.15) is 67.5 Å². The van der Waals surface area contributed by atoms with Crippen molar-refractivity contribution in [2.75, 3.05) is 0 Å². The van der Waals surface area contributed by atoms with E-state index in [9.17, 15) is 10.5 Å². The number of hydrogen-bond donors (Lipinski definition) is 1. The van der Waals surface area contributed by atoms with E-state index < -0.39 is 0 Å². The summed E-state index contributed by atoms with van der Waals surface area (Å²) < 4.78 is 6.88. The van der Waals surface area contributed by atoms with E-state index in [0.29, 0.717) is 28.3 Å². The highest BCUT2D eigenvalue weighted by atomic mass is 32.2. The van der Waals surface area contributed by atoms with Crippen LogP contribution in [-0.2, 0) is 0 Å². The Kier molecular flexibility index (Phi) is 9.03. The van der Waals surface area contributed by atoms with Gasteiger partial charge in [-0.15, -0.1) is 0 Å². The van der Waals surface area contributed by atoms with Crippen molar-refractivity contribution in [1.82, 2.24) is 4.98 Å². The summed E-state index contributed by atoms with van der Waals surface area (Å²) in [7, 11) is 0. The van der Waals surface area contributed by atoms with Gasteiger partial charge in [0.25, 0.3) is 0 Å². The van der Waals surface area contributed by atoms with Crippen LogP contribution in [-0.4, -0.2) is 10.0 Å². The van der Waals surface area contributed by atoms with E-state index in [4.69, 9.17) is 9.73 Å². The number of allylic oxidation sites excluding steroid dienone is 1. The predicted molar refractivity (Wildman–Crippen MR) is 172 cm³/mol. The van der Waals surface area contributed by atoms with Crippen LogP contribution in [0.3, 0.4) is 0 Å². The molecule has 4 aromatic rings. The van der Waals surface area contributed by atoms with Crippen molar-refractivity contribution in [3.63, 3.8) is 0 Å². The van der Waals surface area contributed by atoms with Crippen LogP contribution in [0.25, 0.3) is 5.76 Å². The van der Waals surface area contributed by atoms with Crippen LogP contribution in [0.15, 0.2) is 117 Å². The Hall–Kier alpha value is -4.43. The molecule has 1 aliphatic heterocycles. The third kappa shape index (κ3) is 6.55. The van der Waals surface area contributed by atoms with Crippen molar-refractivity contribution in [2.24, 2.45) is 4.99 Å². The molecule has 0 spiro atoms. The minimum atomic E-state index is 0.117. The van der Waals surface area contributed by atoms with Gasteiger partial charge in [-0.2, -0.15) is 10.5 Å². The number of aromatic amines is 1. The number of rotatable bonds is 8. The minimum Gasteiger partial charge on any atom is -0.452 e. The monoisotopic (exact) mass is 586 g/mol. The third-order valence-electron chi connectivity index (χ3n) is 6.65. The zero-order chi connectivity index (χ0) is 29.6. The fraction of sp³-hybridized carbons (Fsp3) is 0.171. The molecule has 208 valence electrons. The first-order valence-corrected chi connectivity index (χ1v) is 15.4. The third-order valence-corrected chi connectivity index (χ3v) is 8.62. The second-order valence-electron chi connectivity index (χ2n) is 10.4. The molecule has 0 aliphatic carbocycles. The molecular weight excluding hydrogens is 557 g/mol. The van der Waals surface area contributed by atoms with E-state index in [1.807, 2.05) is 78.9 Å². The van der Waals surface area contributed by atoms with Gasteiger partial charge in [0.05, 0.1) is 27.9 Å². The summed E-state index contributed by atoms with van der Waals surface area (Å²) in [5.41, 5.74) is 4.35. The quantitative estimate of drug-likeness (QED) is 0.208. The van der Waals surface area contributed by atoms with E-state index in [0.717, 1.165) is 36.7 Å². The first-order chi connectivity index (χ1) is 20.4. The van der Waals surface area contributed by atoms with Gasteiger partial charge in [0, 0.05) is 9.79 Å². The minimum absolute atomic E-state index is 0.117. The highest BCUT2D eigenvalue weighted by Gasteiger charge is 2.24. The van der Waals surface area contributed by atoms with Crippen LogP contribution < -0.4 is 4.74 Å². The number of aliphatic imine (C=N–C) groups is 1. The van der Waals surface area contributed by atoms with Gasteiger partial charge in [-0.25, -0.2) is 4.99 Å². The van der Waals surface area contributed by atoms with Gasteiger partial charge in [-0.3, -0.25) is 0 Å². The average molecular weight is 587 g/mol. The fourth-order valence-electron chi connectivity index (χ4n) is 4.53. The first kappa shape index (κ1) is 29.1. The van der Waals surface area contributed by atoms with E-state index in [1.165, 1.54) is 11.8 Å². The van der Waals surface area contributed by atoms with Gasteiger partial charge in [0.15, 0.2) is 5.76 Å². The highest BCUT2D eigenvalue weighted by molar-refractivity contribution is 8.14. The van der Waals surface area contributed by atoms with E-state index in [2.05, 4.69) is 57.0 Å². The fourth-order valence-corrected chi connectivity index (χ4v) is 6.25. The van der Waals surface area contributed by atoms with Gasteiger partial charge in [-0.05, 0) is 77.6 Å². The molecule has 0 unspecified atom stereocenters. The largest absolute Gasteiger partial charge is 0.452 e. The molecule has 7 heteroatoms. The Balaban J connectivity index is 1.65. The van der Waals surface area contributed by atoms with Crippen LogP contribution in [0, 0.1) is 22.7 Å². The molecule has 3 aromatic carbocycles. The first-order valence-electron chi connectivity index (χ1n) is 13.7. The lowest BCUT2D eigenvalue weighted by Gasteiger charge is -2.22. The SMILES string of the molecule is CC(C)c1cc(C#N)cc(C(C)C)c1OC(=C1C=CC(Sc2ccccc2)=N1)c1cc(C#N)c(Sc2ccccc2)[nH]1. The molecule has 1 N–H and O–H groups in total. The normalized spacial score (nSPS) is 13.7. The van der Waals surface area contributed by atoms with E-state index in [1.54, 1.807) is 11.8 Å². The number of nitrogens with zero attached hydrogens (tertiary/aromatic N) is 3. The maximum Gasteiger partial charge on any atom is 0.176 e. The summed E-state index contributed by atoms with van der Waals surface area (Å²) in [4.78, 5) is 10.5. The highest BCUT2D eigenvalue weighted by Crippen LogP contribution is 2.41. The molecule has 0 atom stereocenters. The summed E-state index contributed by atoms with van der Waals surface area (Å²) in [5, 5.41) is 21.3. The molecule has 0 saturated carbocycles. The average Bonchev–Trinajstić information content (AvgIpc) is 3.63. The Morgan fingerprint density at radius 1 is 0.786 bits per heavy atom. The Labute approximate surface area is 255 Å². The number of ether oxygens (including phenoxy) is 1. The number of hydrogen-bond acceptors (Lipinski definition) is 6. The smallest absolute Gasteiger partial charge is 0.176 e. The van der Waals surface area contributed by atoms with Crippen LogP contribution in [0.5, 0.6) is 5.75 Å². The zero-order valence-corrected chi connectivity index (χ0v) is 25.5. The maximum absolute atomic E-state index is 10.0. The molecule has 0 saturated heterocycles. The number of aromatic nitrogens is 1. The van der Waals surface area contributed by atoms with Crippen molar-refractivity contribution in [3.05, 3.63) is 125 Å². The second-order valence-corrected chi connectivity index (χ2v) is 12.6. The summed E-state index contributed by atoms with van der Waals surface area (Å²) >= 11 is 3.08. The zero-order valence-electron chi connectivity index (χ0n) is 23.9. The van der Waals surface area contributed by atoms with Crippen molar-refractivity contribution >= 4 is 34.3 Å². The Morgan fingerprint density at radius 2 is 1.38 bits per heavy atom. The predicted octanol–water partition coefficient (Wildman–Crippen LogP) is 9.66. The van der Waals surface area contributed by atoms with Crippen LogP contribution in [0.4, 0.5) is 0 Å². The van der Waals surface area contributed by atoms with Crippen LogP contribution >= 0.6 is 23.5 Å².